The summed E-state index contributed by atoms with van der Waals surface area (Å²) in [6.45, 7) is -0.802. The fourth-order valence-corrected chi connectivity index (χ4v) is 4.97. The number of hydrogen-bond donors (Lipinski definition) is 6. The first-order chi connectivity index (χ1) is 9.54. The molecule has 0 aromatic carbocycles. The minimum absolute atomic E-state index is 0.144. The van der Waals surface area contributed by atoms with Crippen molar-refractivity contribution in [2.75, 3.05) is 24.7 Å². The van der Waals surface area contributed by atoms with Gasteiger partial charge in [-0.2, -0.15) is 0 Å². The van der Waals surface area contributed by atoms with Gasteiger partial charge in [-0.15, -0.1) is 4.33 Å². The minimum Gasteiger partial charge on any atom is -0.394 e. The van der Waals surface area contributed by atoms with Crippen LogP contribution in [0.5, 0.6) is 0 Å². The standard InChI is InChI=1S/C9H18O9S2/c10-1-7(16-19-18-17-15)5(12)3-20-4-6(13)9(14)8(20)2-11/h5-14H,1-4H2/p+1/t5-,6-,7+,8-,9+,20-/m1/s1. The lowest BCUT2D eigenvalue weighted by atomic mass is 10.2. The van der Waals surface area contributed by atoms with Gasteiger partial charge in [0.05, 0.1) is 13.2 Å². The van der Waals surface area contributed by atoms with Crippen LogP contribution in [0.25, 0.3) is 0 Å². The summed E-state index contributed by atoms with van der Waals surface area (Å²) >= 11 is 0.243. The van der Waals surface area contributed by atoms with Crippen molar-refractivity contribution in [1.82, 2.24) is 0 Å². The topological polar surface area (TPSA) is 149 Å². The van der Waals surface area contributed by atoms with E-state index in [1.807, 2.05) is 0 Å². The molecule has 0 spiro atoms. The van der Waals surface area contributed by atoms with Crippen LogP contribution >= 0.6 is 12.3 Å². The third-order valence-corrected chi connectivity index (χ3v) is 6.25. The zero-order valence-corrected chi connectivity index (χ0v) is 12.1. The highest BCUT2D eigenvalue weighted by atomic mass is 32.2. The van der Waals surface area contributed by atoms with Crippen LogP contribution in [-0.2, 0) is 24.5 Å². The summed E-state index contributed by atoms with van der Waals surface area (Å²) in [5.41, 5.74) is 0. The van der Waals surface area contributed by atoms with Crippen molar-refractivity contribution < 1.29 is 44.3 Å². The van der Waals surface area contributed by atoms with Crippen LogP contribution in [0.15, 0.2) is 0 Å². The molecule has 6 N–H and O–H groups in total. The molecular formula is C9H19O9S2+. The van der Waals surface area contributed by atoms with Gasteiger partial charge < -0.3 is 25.5 Å². The van der Waals surface area contributed by atoms with Crippen molar-refractivity contribution >= 4 is 23.2 Å². The number of hydrogen-bond acceptors (Lipinski definition) is 10. The van der Waals surface area contributed by atoms with E-state index in [0.29, 0.717) is 0 Å². The fourth-order valence-electron chi connectivity index (χ4n) is 1.91. The molecule has 0 bridgehead atoms. The number of rotatable bonds is 9. The summed E-state index contributed by atoms with van der Waals surface area (Å²) < 4.78 is 8.83. The average Bonchev–Trinajstić information content (AvgIpc) is 2.69. The van der Waals surface area contributed by atoms with Crippen molar-refractivity contribution in [2.45, 2.75) is 29.7 Å². The summed E-state index contributed by atoms with van der Waals surface area (Å²) in [7, 11) is -0.607. The minimum atomic E-state index is -1.09. The second kappa shape index (κ2) is 9.38. The van der Waals surface area contributed by atoms with Crippen LogP contribution in [0.2, 0.25) is 0 Å². The molecule has 0 aromatic rings. The number of aliphatic hydroxyl groups is 5. The Kier molecular flexibility index (Phi) is 8.62. The molecule has 11 heteroatoms. The molecule has 1 aliphatic heterocycles. The third kappa shape index (κ3) is 4.96. The molecule has 1 heterocycles. The average molecular weight is 335 g/mol. The van der Waals surface area contributed by atoms with Gasteiger partial charge in [-0.25, -0.2) is 5.26 Å². The lowest BCUT2D eigenvalue weighted by Crippen LogP contribution is -2.41. The van der Waals surface area contributed by atoms with Gasteiger partial charge in [0.15, 0.2) is 17.6 Å². The highest BCUT2D eigenvalue weighted by Crippen LogP contribution is 2.25. The second-order valence-electron chi connectivity index (χ2n) is 4.24. The highest BCUT2D eigenvalue weighted by Gasteiger charge is 2.50. The predicted octanol–water partition coefficient (Wildman–Crippen LogP) is -2.58. The Morgan fingerprint density at radius 3 is 2.55 bits per heavy atom. The van der Waals surface area contributed by atoms with Crippen LogP contribution in [0.3, 0.4) is 0 Å². The van der Waals surface area contributed by atoms with E-state index < -0.39 is 47.2 Å². The molecule has 1 fully saturated rings. The van der Waals surface area contributed by atoms with Crippen molar-refractivity contribution in [3.8, 4) is 0 Å². The van der Waals surface area contributed by atoms with Crippen LogP contribution in [-0.4, -0.2) is 85.2 Å². The lowest BCUT2D eigenvalue weighted by molar-refractivity contribution is -0.434. The molecule has 120 valence electrons. The van der Waals surface area contributed by atoms with E-state index in [0.717, 1.165) is 0 Å². The zero-order chi connectivity index (χ0) is 15.1. The van der Waals surface area contributed by atoms with Gasteiger partial charge in [-0.3, -0.25) is 4.18 Å². The Morgan fingerprint density at radius 2 is 2.00 bits per heavy atom. The molecular weight excluding hydrogens is 316 g/mol. The van der Waals surface area contributed by atoms with Crippen molar-refractivity contribution in [2.24, 2.45) is 0 Å². The molecule has 1 saturated heterocycles. The van der Waals surface area contributed by atoms with Gasteiger partial charge in [0.1, 0.15) is 35.9 Å². The lowest BCUT2D eigenvalue weighted by Gasteiger charge is -2.20. The first-order valence-electron chi connectivity index (χ1n) is 5.77. The van der Waals surface area contributed by atoms with E-state index in [1.54, 1.807) is 0 Å². The largest absolute Gasteiger partial charge is 0.394 e. The summed E-state index contributed by atoms with van der Waals surface area (Å²) in [4.78, 5) is 0. The van der Waals surface area contributed by atoms with Crippen LogP contribution in [0.4, 0.5) is 0 Å². The molecule has 9 nitrogen and oxygen atoms in total. The molecule has 0 aliphatic carbocycles. The second-order valence-corrected chi connectivity index (χ2v) is 7.06. The first kappa shape index (κ1) is 18.4. The first-order valence-corrected chi connectivity index (χ1v) is 8.06. The monoisotopic (exact) mass is 335 g/mol. The number of aliphatic hydroxyl groups excluding tert-OH is 5. The summed E-state index contributed by atoms with van der Waals surface area (Å²) in [5.74, 6) is 0.413. The molecule has 1 rings (SSSR count). The van der Waals surface area contributed by atoms with Crippen LogP contribution < -0.4 is 0 Å². The zero-order valence-electron chi connectivity index (χ0n) is 10.4. The quantitative estimate of drug-likeness (QED) is 0.0872. The van der Waals surface area contributed by atoms with Crippen molar-refractivity contribution in [3.63, 3.8) is 0 Å². The third-order valence-electron chi connectivity index (χ3n) is 2.98. The molecule has 0 unspecified atom stereocenters. The Balaban J connectivity index is 2.48. The highest BCUT2D eigenvalue weighted by molar-refractivity contribution is 7.97. The van der Waals surface area contributed by atoms with E-state index in [2.05, 4.69) is 9.37 Å². The van der Waals surface area contributed by atoms with Gasteiger partial charge in [-0.05, 0) is 0 Å². The van der Waals surface area contributed by atoms with Gasteiger partial charge in [0.25, 0.3) is 0 Å². The predicted molar refractivity (Wildman–Crippen MR) is 70.3 cm³/mol. The maximum Gasteiger partial charge on any atom is 0.198 e. The molecule has 0 radical (unpaired) electrons. The molecule has 0 amide bonds. The Bertz CT molecular complexity index is 272. The SMILES string of the molecule is OC[C@H](OSOOO)[C@H](O)C[S@+]1C[C@@H](O)[C@H](O)[C@H]1CO. The van der Waals surface area contributed by atoms with Gasteiger partial charge in [0, 0.05) is 10.9 Å². The summed E-state index contributed by atoms with van der Waals surface area (Å²) in [6.07, 6.45) is -4.05. The van der Waals surface area contributed by atoms with E-state index >= 15 is 0 Å². The van der Waals surface area contributed by atoms with Crippen LogP contribution in [0.1, 0.15) is 0 Å². The van der Waals surface area contributed by atoms with E-state index in [4.69, 9.17) is 14.5 Å². The molecule has 6 atom stereocenters. The van der Waals surface area contributed by atoms with Crippen molar-refractivity contribution in [1.29, 1.82) is 0 Å². The van der Waals surface area contributed by atoms with Gasteiger partial charge in [0.2, 0.25) is 0 Å². The maximum atomic E-state index is 9.96. The van der Waals surface area contributed by atoms with Crippen LogP contribution in [0, 0.1) is 0 Å². The Morgan fingerprint density at radius 1 is 1.30 bits per heavy atom. The summed E-state index contributed by atoms with van der Waals surface area (Å²) in [5, 5.41) is 58.2. The summed E-state index contributed by atoms with van der Waals surface area (Å²) in [6, 6.07) is 0. The van der Waals surface area contributed by atoms with Crippen molar-refractivity contribution in [3.05, 3.63) is 0 Å². The van der Waals surface area contributed by atoms with E-state index in [1.165, 1.54) is 0 Å². The Labute approximate surface area is 122 Å². The molecule has 0 aromatic heterocycles. The maximum absolute atomic E-state index is 9.96. The molecule has 1 aliphatic rings. The fraction of sp³-hybridized carbons (Fsp3) is 1.00. The molecule has 20 heavy (non-hydrogen) atoms. The van der Waals surface area contributed by atoms with Gasteiger partial charge in [-0.1, -0.05) is 5.04 Å². The molecule has 0 saturated carbocycles. The smallest absolute Gasteiger partial charge is 0.198 e. The van der Waals surface area contributed by atoms with Gasteiger partial charge >= 0.3 is 0 Å². The normalized spacial score (nSPS) is 33.3. The van der Waals surface area contributed by atoms with E-state index in [9.17, 15) is 20.4 Å². The van der Waals surface area contributed by atoms with E-state index in [-0.39, 0.29) is 30.4 Å². The Hall–Kier alpha value is 0.340.